The molecular weight excluding hydrogens is 769 g/mol. The van der Waals surface area contributed by atoms with Gasteiger partial charge >= 0.3 is 0 Å². The Balaban J connectivity index is 1.43. The number of aromatic amines is 1. The average Bonchev–Trinajstić information content (AvgIpc) is 3.85. The van der Waals surface area contributed by atoms with Crippen molar-refractivity contribution >= 4 is 25.6 Å². The molecule has 0 spiro atoms. The number of benzene rings is 3. The number of nitriles is 1. The molecule has 2 aromatic heterocycles. The van der Waals surface area contributed by atoms with E-state index in [1.807, 2.05) is 78.9 Å². The van der Waals surface area contributed by atoms with Crippen molar-refractivity contribution in [3.63, 3.8) is 0 Å². The first kappa shape index (κ1) is 43.7. The molecule has 0 radical (unpaired) electrons. The normalized spacial score (nSPS) is 17.6. The molecule has 0 amide bonds. The molecule has 1 saturated heterocycles. The molecule has 314 valence electrons. The Kier molecular flexibility index (Phi) is 14.8. The zero-order valence-corrected chi connectivity index (χ0v) is 36.0. The molecule has 6 rings (SSSR count). The van der Waals surface area contributed by atoms with E-state index in [1.165, 1.54) is 0 Å². The maximum absolute atomic E-state index is 13.7. The van der Waals surface area contributed by atoms with Crippen LogP contribution in [0.25, 0.3) is 11.2 Å². The van der Waals surface area contributed by atoms with Gasteiger partial charge in [0.25, 0.3) is 14.1 Å². The Bertz CT molecular complexity index is 2130. The van der Waals surface area contributed by atoms with E-state index in [2.05, 4.69) is 72.6 Å². The quantitative estimate of drug-likeness (QED) is 0.0442. The molecule has 14 nitrogen and oxygen atoms in total. The van der Waals surface area contributed by atoms with Crippen molar-refractivity contribution in [2.24, 2.45) is 5.92 Å². The van der Waals surface area contributed by atoms with E-state index in [0.29, 0.717) is 47.5 Å². The molecule has 0 aliphatic carbocycles. The number of anilines is 1. The van der Waals surface area contributed by atoms with Crippen LogP contribution in [0.15, 0.2) is 90.0 Å². The highest BCUT2D eigenvalue weighted by molar-refractivity contribution is 7.44. The number of nitrogens with zero attached hydrogens (tertiary/aromatic N) is 5. The fraction of sp³-hybridized carbons (Fsp3) is 0.455. The number of imidazole rings is 1. The molecule has 1 aliphatic heterocycles. The molecule has 1 unspecified atom stereocenters. The summed E-state index contributed by atoms with van der Waals surface area (Å²) in [5.74, 6) is 2.14. The first-order valence-corrected chi connectivity index (χ1v) is 21.2. The summed E-state index contributed by atoms with van der Waals surface area (Å²) < 4.78 is 42.7. The Hall–Kier alpha value is -4.87. The summed E-state index contributed by atoms with van der Waals surface area (Å²) in [6.07, 6.45) is 0.281. The number of rotatable bonds is 20. The summed E-state index contributed by atoms with van der Waals surface area (Å²) in [4.78, 5) is 25.7. The first-order valence-electron chi connectivity index (χ1n) is 20.1. The van der Waals surface area contributed by atoms with E-state index in [0.717, 1.165) is 16.7 Å². The van der Waals surface area contributed by atoms with Crippen molar-refractivity contribution in [2.75, 3.05) is 39.3 Å². The van der Waals surface area contributed by atoms with Crippen LogP contribution in [0.1, 0.15) is 77.3 Å². The van der Waals surface area contributed by atoms with Crippen LogP contribution < -0.4 is 20.3 Å². The van der Waals surface area contributed by atoms with Gasteiger partial charge in [-0.25, -0.2) is 9.65 Å². The molecule has 2 N–H and O–H groups in total. The maximum Gasteiger partial charge on any atom is 0.278 e. The van der Waals surface area contributed by atoms with Gasteiger partial charge in [-0.3, -0.25) is 14.3 Å². The third-order valence-corrected chi connectivity index (χ3v) is 12.3. The summed E-state index contributed by atoms with van der Waals surface area (Å²) in [7, 11) is 1.62. The highest BCUT2D eigenvalue weighted by Gasteiger charge is 2.45. The molecule has 1 aliphatic rings. The van der Waals surface area contributed by atoms with Crippen LogP contribution in [0.3, 0.4) is 0 Å². The van der Waals surface area contributed by atoms with Crippen molar-refractivity contribution < 1.29 is 28.0 Å². The van der Waals surface area contributed by atoms with Crippen molar-refractivity contribution in [2.45, 2.75) is 90.5 Å². The number of nitrogens with one attached hydrogen (secondary N) is 2. The third-order valence-electron chi connectivity index (χ3n) is 10.1. The smallest absolute Gasteiger partial charge is 0.278 e. The lowest BCUT2D eigenvalue weighted by Crippen LogP contribution is -2.39. The largest absolute Gasteiger partial charge is 0.497 e. The van der Waals surface area contributed by atoms with Crippen molar-refractivity contribution in [1.82, 2.24) is 24.2 Å². The fourth-order valence-corrected chi connectivity index (χ4v) is 9.14. The van der Waals surface area contributed by atoms with E-state index in [9.17, 15) is 10.1 Å². The number of ether oxygens (including phenoxy) is 4. The lowest BCUT2D eigenvalue weighted by molar-refractivity contribution is -0.0911. The van der Waals surface area contributed by atoms with E-state index in [4.69, 9.17) is 28.0 Å². The summed E-state index contributed by atoms with van der Waals surface area (Å²) in [5.41, 5.74) is 1.77. The molecule has 0 saturated carbocycles. The second-order valence-electron chi connectivity index (χ2n) is 15.4. The van der Waals surface area contributed by atoms with Gasteiger partial charge in [0.2, 0.25) is 5.95 Å². The van der Waals surface area contributed by atoms with Gasteiger partial charge in [-0.2, -0.15) is 10.2 Å². The Labute approximate surface area is 347 Å². The molecule has 15 heteroatoms. The first-order chi connectivity index (χ1) is 28.5. The van der Waals surface area contributed by atoms with E-state index >= 15 is 0 Å². The van der Waals surface area contributed by atoms with Crippen LogP contribution in [0.4, 0.5) is 5.95 Å². The minimum atomic E-state index is -1.66. The van der Waals surface area contributed by atoms with Crippen LogP contribution in [0.2, 0.25) is 0 Å². The minimum Gasteiger partial charge on any atom is -0.497 e. The number of hydrogen-bond donors (Lipinski definition) is 2. The van der Waals surface area contributed by atoms with E-state index < -0.39 is 32.6 Å². The number of fused-ring (bicyclic) bond motifs is 1. The molecule has 3 heterocycles. The fourth-order valence-electron chi connectivity index (χ4n) is 7.38. The standard InChI is InChI=1S/C44H56N7O7P/c1-29(2)26-46-43-48-41-40(42(52)49-43)50(28-47-41)39-25-37(58-59(56-24-12-23-45)51(30(3)4)31(5)6)38(57-39)27-55-44(32-13-10-9-11-14-32,33-15-19-35(53-7)20-16-33)34-17-21-36(54-8)22-18-34/h9-11,13-22,28-31,37-39H,12,24-27H2,1-8H3,(H2,46,48,49,52)/t37-,38+,39+,59?/m0/s1. The van der Waals surface area contributed by atoms with E-state index in [1.54, 1.807) is 25.1 Å². The maximum atomic E-state index is 13.7. The molecular formula is C44H56N7O7P. The predicted octanol–water partition coefficient (Wildman–Crippen LogP) is 8.16. The molecule has 1 fully saturated rings. The highest BCUT2D eigenvalue weighted by Crippen LogP contribution is 2.51. The monoisotopic (exact) mass is 825 g/mol. The van der Waals surface area contributed by atoms with Crippen LogP contribution >= 0.6 is 8.53 Å². The summed E-state index contributed by atoms with van der Waals surface area (Å²) in [6, 6.07) is 28.1. The predicted molar refractivity (Wildman–Crippen MR) is 228 cm³/mol. The average molecular weight is 826 g/mol. The SMILES string of the molecule is COc1ccc(C(OC[C@H]2O[C@@H](n3cnc4nc(NCC(C)C)[nH]c(=O)c43)C[C@@H]2OP(OCCC#N)N(C(C)C)C(C)C)(c2ccccc2)c2ccc(OC)cc2)cc1. The van der Waals surface area contributed by atoms with Gasteiger partial charge in [-0.15, -0.1) is 0 Å². The second-order valence-corrected chi connectivity index (χ2v) is 16.8. The lowest BCUT2D eigenvalue weighted by Gasteiger charge is -2.39. The van der Waals surface area contributed by atoms with Crippen molar-refractivity contribution in [1.29, 1.82) is 5.26 Å². The van der Waals surface area contributed by atoms with Gasteiger partial charge in [0.1, 0.15) is 29.4 Å². The molecule has 59 heavy (non-hydrogen) atoms. The van der Waals surface area contributed by atoms with Crippen LogP contribution in [0.5, 0.6) is 11.5 Å². The van der Waals surface area contributed by atoms with Gasteiger partial charge in [0, 0.05) is 25.0 Å². The summed E-state index contributed by atoms with van der Waals surface area (Å²) in [6.45, 7) is 13.5. The van der Waals surface area contributed by atoms with Crippen LogP contribution in [0, 0.1) is 17.2 Å². The third kappa shape index (κ3) is 9.95. The topological polar surface area (TPSA) is 158 Å². The van der Waals surface area contributed by atoms with Gasteiger partial charge in [0.15, 0.2) is 11.2 Å². The Morgan fingerprint density at radius 2 is 1.56 bits per heavy atom. The van der Waals surface area contributed by atoms with Gasteiger partial charge in [-0.1, -0.05) is 68.4 Å². The number of methoxy groups -OCH3 is 2. The Morgan fingerprint density at radius 3 is 2.12 bits per heavy atom. The van der Waals surface area contributed by atoms with Crippen LogP contribution in [-0.2, 0) is 24.1 Å². The molecule has 3 aromatic carbocycles. The minimum absolute atomic E-state index is 0.0728. The van der Waals surface area contributed by atoms with Crippen LogP contribution in [-0.4, -0.2) is 82.5 Å². The number of hydrogen-bond acceptors (Lipinski definition) is 12. The molecule has 5 aromatic rings. The zero-order valence-electron chi connectivity index (χ0n) is 35.1. The van der Waals surface area contributed by atoms with Gasteiger partial charge < -0.3 is 33.3 Å². The van der Waals surface area contributed by atoms with E-state index in [-0.39, 0.29) is 37.3 Å². The van der Waals surface area contributed by atoms with Crippen molar-refractivity contribution in [3.05, 3.63) is 112 Å². The Morgan fingerprint density at radius 1 is 0.949 bits per heavy atom. The molecule has 4 atom stereocenters. The van der Waals surface area contributed by atoms with Gasteiger partial charge in [0.05, 0.1) is 52.4 Å². The summed E-state index contributed by atoms with van der Waals surface area (Å²) in [5, 5.41) is 12.6. The zero-order chi connectivity index (χ0) is 42.1. The van der Waals surface area contributed by atoms with Crippen molar-refractivity contribution in [3.8, 4) is 17.6 Å². The second kappa shape index (κ2) is 19.9. The molecule has 0 bridgehead atoms. The highest BCUT2D eigenvalue weighted by atomic mass is 31.2. The number of aromatic nitrogens is 4. The summed E-state index contributed by atoms with van der Waals surface area (Å²) >= 11 is 0. The lowest BCUT2D eigenvalue weighted by atomic mass is 9.80. The van der Waals surface area contributed by atoms with Gasteiger partial charge in [-0.05, 0) is 74.6 Å². The number of H-pyrrole nitrogens is 1.